The summed E-state index contributed by atoms with van der Waals surface area (Å²) < 4.78 is 33.1. The van der Waals surface area contributed by atoms with Gasteiger partial charge in [-0.2, -0.15) is 0 Å². The normalized spacial score (nSPS) is 11.6. The second-order valence-electron chi connectivity index (χ2n) is 7.57. The SMILES string of the molecule is COc1ccc(-n2c(SCC(=O)Nc3cccc(S(=O)(=O)N(C)C)c3)nc3ccccc32)cc1. The van der Waals surface area contributed by atoms with Crippen molar-refractivity contribution < 1.29 is 17.9 Å². The number of thioether (sulfide) groups is 1. The Hall–Kier alpha value is -3.34. The largest absolute Gasteiger partial charge is 0.497 e. The Morgan fingerprint density at radius 3 is 2.50 bits per heavy atom. The average Bonchev–Trinajstić information content (AvgIpc) is 3.21. The highest BCUT2D eigenvalue weighted by Gasteiger charge is 2.18. The number of nitrogens with one attached hydrogen (secondary N) is 1. The van der Waals surface area contributed by atoms with Crippen molar-refractivity contribution in [1.82, 2.24) is 13.9 Å². The molecule has 0 aliphatic rings. The fourth-order valence-corrected chi connectivity index (χ4v) is 5.13. The molecule has 0 atom stereocenters. The van der Waals surface area contributed by atoms with Crippen LogP contribution >= 0.6 is 11.8 Å². The number of hydrogen-bond donors (Lipinski definition) is 1. The molecule has 4 rings (SSSR count). The molecule has 1 heterocycles. The molecular weight excluding hydrogens is 472 g/mol. The van der Waals surface area contributed by atoms with Crippen LogP contribution in [0.2, 0.25) is 0 Å². The zero-order chi connectivity index (χ0) is 24.3. The van der Waals surface area contributed by atoms with E-state index in [0.29, 0.717) is 10.8 Å². The van der Waals surface area contributed by atoms with Crippen LogP contribution in [0.1, 0.15) is 0 Å². The number of anilines is 1. The Morgan fingerprint density at radius 2 is 1.79 bits per heavy atom. The summed E-state index contributed by atoms with van der Waals surface area (Å²) in [7, 11) is 0.955. The minimum absolute atomic E-state index is 0.101. The molecule has 0 spiro atoms. The third kappa shape index (κ3) is 4.93. The van der Waals surface area contributed by atoms with Gasteiger partial charge in [0.05, 0.1) is 28.8 Å². The van der Waals surface area contributed by atoms with Crippen LogP contribution in [0, 0.1) is 0 Å². The van der Waals surface area contributed by atoms with Crippen LogP contribution in [-0.2, 0) is 14.8 Å². The maximum atomic E-state index is 12.7. The van der Waals surface area contributed by atoms with Gasteiger partial charge in [0.1, 0.15) is 5.75 Å². The number of benzene rings is 3. The van der Waals surface area contributed by atoms with Gasteiger partial charge in [-0.25, -0.2) is 17.7 Å². The zero-order valence-electron chi connectivity index (χ0n) is 18.9. The van der Waals surface area contributed by atoms with Crippen LogP contribution in [0.15, 0.2) is 82.8 Å². The summed E-state index contributed by atoms with van der Waals surface area (Å²) in [4.78, 5) is 17.5. The van der Waals surface area contributed by atoms with Gasteiger partial charge in [0.2, 0.25) is 15.9 Å². The van der Waals surface area contributed by atoms with Crippen molar-refractivity contribution in [3.05, 3.63) is 72.8 Å². The summed E-state index contributed by atoms with van der Waals surface area (Å²) in [6.45, 7) is 0. The molecule has 0 radical (unpaired) electrons. The monoisotopic (exact) mass is 496 g/mol. The number of sulfonamides is 1. The second-order valence-corrected chi connectivity index (χ2v) is 10.7. The molecule has 1 N–H and O–H groups in total. The first-order valence-electron chi connectivity index (χ1n) is 10.4. The first-order valence-corrected chi connectivity index (χ1v) is 12.8. The lowest BCUT2D eigenvalue weighted by molar-refractivity contribution is -0.113. The van der Waals surface area contributed by atoms with Crippen molar-refractivity contribution in [1.29, 1.82) is 0 Å². The van der Waals surface area contributed by atoms with Gasteiger partial charge in [0.15, 0.2) is 5.16 Å². The highest BCUT2D eigenvalue weighted by Crippen LogP contribution is 2.29. The number of fused-ring (bicyclic) bond motifs is 1. The Kier molecular flexibility index (Phi) is 6.92. The number of carbonyl (C=O) groups is 1. The lowest BCUT2D eigenvalue weighted by Crippen LogP contribution is -2.22. The number of hydrogen-bond acceptors (Lipinski definition) is 6. The molecule has 8 nitrogen and oxygen atoms in total. The number of rotatable bonds is 8. The highest BCUT2D eigenvalue weighted by molar-refractivity contribution is 7.99. The summed E-state index contributed by atoms with van der Waals surface area (Å²) in [6, 6.07) is 21.6. The van der Waals surface area contributed by atoms with E-state index in [9.17, 15) is 13.2 Å². The third-order valence-corrected chi connectivity index (χ3v) is 7.84. The molecule has 4 aromatic rings. The fourth-order valence-electron chi connectivity index (χ4n) is 3.35. The van der Waals surface area contributed by atoms with E-state index in [-0.39, 0.29) is 16.6 Å². The van der Waals surface area contributed by atoms with E-state index >= 15 is 0 Å². The molecule has 0 fully saturated rings. The van der Waals surface area contributed by atoms with Crippen molar-refractivity contribution in [2.24, 2.45) is 0 Å². The van der Waals surface area contributed by atoms with Gasteiger partial charge < -0.3 is 10.1 Å². The van der Waals surface area contributed by atoms with Crippen LogP contribution in [0.25, 0.3) is 16.7 Å². The van der Waals surface area contributed by atoms with Gasteiger partial charge in [-0.05, 0) is 54.6 Å². The van der Waals surface area contributed by atoms with Crippen molar-refractivity contribution in [2.45, 2.75) is 10.1 Å². The van der Waals surface area contributed by atoms with Crippen LogP contribution < -0.4 is 10.1 Å². The molecule has 1 aromatic heterocycles. The summed E-state index contributed by atoms with van der Waals surface area (Å²) in [5, 5.41) is 3.45. The lowest BCUT2D eigenvalue weighted by Gasteiger charge is -2.13. The number of para-hydroxylation sites is 2. The van der Waals surface area contributed by atoms with Gasteiger partial charge in [0.25, 0.3) is 0 Å². The first-order chi connectivity index (χ1) is 16.3. The number of amides is 1. The number of aromatic nitrogens is 2. The van der Waals surface area contributed by atoms with Gasteiger partial charge >= 0.3 is 0 Å². The summed E-state index contributed by atoms with van der Waals surface area (Å²) in [6.07, 6.45) is 0. The summed E-state index contributed by atoms with van der Waals surface area (Å²) in [5.41, 5.74) is 3.07. The van der Waals surface area contributed by atoms with Crippen LogP contribution in [0.5, 0.6) is 5.75 Å². The molecule has 0 aliphatic carbocycles. The zero-order valence-corrected chi connectivity index (χ0v) is 20.6. The molecule has 3 aromatic carbocycles. The Labute approximate surface area is 202 Å². The predicted octanol–water partition coefficient (Wildman–Crippen LogP) is 4.02. The van der Waals surface area contributed by atoms with E-state index in [1.54, 1.807) is 19.2 Å². The van der Waals surface area contributed by atoms with E-state index in [0.717, 1.165) is 26.8 Å². The van der Waals surface area contributed by atoms with Gasteiger partial charge in [0, 0.05) is 25.5 Å². The van der Waals surface area contributed by atoms with E-state index in [1.165, 1.54) is 38.0 Å². The molecule has 176 valence electrons. The first kappa shape index (κ1) is 23.8. The van der Waals surface area contributed by atoms with Gasteiger partial charge in [-0.1, -0.05) is 30.0 Å². The molecule has 0 bridgehead atoms. The Morgan fingerprint density at radius 1 is 1.06 bits per heavy atom. The maximum absolute atomic E-state index is 12.7. The number of ether oxygens (including phenoxy) is 1. The molecule has 0 unspecified atom stereocenters. The average molecular weight is 497 g/mol. The quantitative estimate of drug-likeness (QED) is 0.371. The Bertz CT molecular complexity index is 1430. The Balaban J connectivity index is 1.54. The van der Waals surface area contributed by atoms with Crippen molar-refractivity contribution in [2.75, 3.05) is 32.3 Å². The van der Waals surface area contributed by atoms with Crippen molar-refractivity contribution in [3.8, 4) is 11.4 Å². The predicted molar refractivity (Wildman–Crippen MR) is 134 cm³/mol. The minimum atomic E-state index is -3.59. The summed E-state index contributed by atoms with van der Waals surface area (Å²) >= 11 is 1.30. The number of methoxy groups -OCH3 is 1. The lowest BCUT2D eigenvalue weighted by atomic mass is 10.2. The molecule has 0 saturated heterocycles. The summed E-state index contributed by atoms with van der Waals surface area (Å²) in [5.74, 6) is 0.586. The molecular formula is C24H24N4O4S2. The maximum Gasteiger partial charge on any atom is 0.242 e. The van der Waals surface area contributed by atoms with Gasteiger partial charge in [-0.3, -0.25) is 9.36 Å². The highest BCUT2D eigenvalue weighted by atomic mass is 32.2. The molecule has 10 heteroatoms. The smallest absolute Gasteiger partial charge is 0.242 e. The third-order valence-electron chi connectivity index (χ3n) is 5.09. The van der Waals surface area contributed by atoms with Crippen LogP contribution in [0.4, 0.5) is 5.69 Å². The number of nitrogens with zero attached hydrogens (tertiary/aromatic N) is 3. The minimum Gasteiger partial charge on any atom is -0.497 e. The second kappa shape index (κ2) is 9.88. The van der Waals surface area contributed by atoms with E-state index in [2.05, 4.69) is 5.32 Å². The molecule has 0 saturated carbocycles. The van der Waals surface area contributed by atoms with E-state index in [1.807, 2.05) is 53.1 Å². The van der Waals surface area contributed by atoms with Crippen LogP contribution in [-0.4, -0.2) is 55.1 Å². The number of imidazole rings is 1. The number of carbonyl (C=O) groups excluding carboxylic acids is 1. The molecule has 34 heavy (non-hydrogen) atoms. The van der Waals surface area contributed by atoms with Crippen molar-refractivity contribution in [3.63, 3.8) is 0 Å². The standard InChI is InChI=1S/C24H24N4O4S2/c1-27(2)34(30,31)20-8-6-7-17(15-20)25-23(29)16-33-24-26-21-9-4-5-10-22(21)28(24)18-11-13-19(32-3)14-12-18/h4-15H,16H2,1-3H3,(H,25,29). The van der Waals surface area contributed by atoms with E-state index < -0.39 is 10.0 Å². The topological polar surface area (TPSA) is 93.5 Å². The molecule has 0 aliphatic heterocycles. The van der Waals surface area contributed by atoms with E-state index in [4.69, 9.17) is 9.72 Å². The fraction of sp³-hybridized carbons (Fsp3) is 0.167. The van der Waals surface area contributed by atoms with Crippen molar-refractivity contribution >= 4 is 44.4 Å². The van der Waals surface area contributed by atoms with Gasteiger partial charge in [-0.15, -0.1) is 0 Å². The van der Waals surface area contributed by atoms with Crippen LogP contribution in [0.3, 0.4) is 0 Å². The molecule has 1 amide bonds.